The maximum Gasteiger partial charge on any atom is 0.339 e. The number of fused-ring (bicyclic) bond motifs is 1. The van der Waals surface area contributed by atoms with E-state index in [2.05, 4.69) is 0 Å². The van der Waals surface area contributed by atoms with E-state index in [1.165, 1.54) is 0 Å². The van der Waals surface area contributed by atoms with Gasteiger partial charge >= 0.3 is 5.97 Å². The van der Waals surface area contributed by atoms with Crippen molar-refractivity contribution < 1.29 is 19.4 Å². The Morgan fingerprint density at radius 3 is 2.65 bits per heavy atom. The van der Waals surface area contributed by atoms with Crippen LogP contribution in [0.15, 0.2) is 36.4 Å². The van der Waals surface area contributed by atoms with Gasteiger partial charge in [0.15, 0.2) is 11.5 Å². The van der Waals surface area contributed by atoms with Crippen LogP contribution in [0.2, 0.25) is 0 Å². The number of anilines is 1. The van der Waals surface area contributed by atoms with Crippen LogP contribution < -0.4 is 15.2 Å². The van der Waals surface area contributed by atoms with Crippen molar-refractivity contribution in [3.05, 3.63) is 42.0 Å². The van der Waals surface area contributed by atoms with Crippen molar-refractivity contribution in [1.29, 1.82) is 0 Å². The van der Waals surface area contributed by atoms with E-state index >= 15 is 0 Å². The van der Waals surface area contributed by atoms with Gasteiger partial charge in [-0.15, -0.1) is 0 Å². The van der Waals surface area contributed by atoms with Gasteiger partial charge < -0.3 is 20.3 Å². The second-order valence-corrected chi connectivity index (χ2v) is 4.48. The molecular formula is C15H13NO4. The minimum atomic E-state index is -1.04. The third-order valence-electron chi connectivity index (χ3n) is 3.09. The number of carboxylic acid groups (broad SMARTS) is 1. The molecule has 2 aromatic carbocycles. The quantitative estimate of drug-likeness (QED) is 0.820. The minimum absolute atomic E-state index is 0.0969. The van der Waals surface area contributed by atoms with E-state index in [4.69, 9.17) is 15.2 Å². The van der Waals surface area contributed by atoms with Crippen LogP contribution >= 0.6 is 0 Å². The number of hydrogen-bond acceptors (Lipinski definition) is 4. The molecule has 0 fully saturated rings. The van der Waals surface area contributed by atoms with Crippen LogP contribution in [0.25, 0.3) is 11.1 Å². The van der Waals surface area contributed by atoms with Gasteiger partial charge in [0.05, 0.1) is 0 Å². The molecule has 0 saturated carbocycles. The van der Waals surface area contributed by atoms with Crippen LogP contribution in [0.1, 0.15) is 10.4 Å². The highest BCUT2D eigenvalue weighted by atomic mass is 16.6. The summed E-state index contributed by atoms with van der Waals surface area (Å²) in [5.41, 5.74) is 8.05. The molecule has 0 bridgehead atoms. The maximum absolute atomic E-state index is 11.4. The summed E-state index contributed by atoms with van der Waals surface area (Å²) in [5.74, 6) is -0.303. The van der Waals surface area contributed by atoms with Crippen molar-refractivity contribution >= 4 is 11.7 Å². The zero-order valence-electron chi connectivity index (χ0n) is 10.6. The molecule has 0 saturated heterocycles. The average molecular weight is 271 g/mol. The second kappa shape index (κ2) is 4.77. The maximum atomic E-state index is 11.4. The first-order valence-electron chi connectivity index (χ1n) is 6.18. The summed E-state index contributed by atoms with van der Waals surface area (Å²) < 4.78 is 10.9. The number of nitrogens with two attached hydrogens (primary N) is 1. The van der Waals surface area contributed by atoms with Crippen molar-refractivity contribution in [3.63, 3.8) is 0 Å². The molecule has 0 aromatic heterocycles. The van der Waals surface area contributed by atoms with Crippen LogP contribution in [0, 0.1) is 0 Å². The topological polar surface area (TPSA) is 81.8 Å². The molecule has 2 aromatic rings. The van der Waals surface area contributed by atoms with E-state index in [1.54, 1.807) is 24.3 Å². The molecule has 0 atom stereocenters. The van der Waals surface area contributed by atoms with Crippen LogP contribution in [0.4, 0.5) is 5.69 Å². The average Bonchev–Trinajstić information content (AvgIpc) is 2.46. The lowest BCUT2D eigenvalue weighted by atomic mass is 10.0. The first-order chi connectivity index (χ1) is 9.65. The molecule has 0 amide bonds. The zero-order valence-corrected chi connectivity index (χ0v) is 10.6. The number of rotatable bonds is 2. The molecule has 0 unspecified atom stereocenters. The van der Waals surface area contributed by atoms with Gasteiger partial charge in [0, 0.05) is 5.69 Å². The fourth-order valence-electron chi connectivity index (χ4n) is 2.20. The molecule has 1 aliphatic heterocycles. The van der Waals surface area contributed by atoms with Gasteiger partial charge in [0.2, 0.25) is 0 Å². The summed E-state index contributed by atoms with van der Waals surface area (Å²) in [6.07, 6.45) is 0. The number of aromatic carboxylic acids is 1. The van der Waals surface area contributed by atoms with Crippen molar-refractivity contribution in [2.75, 3.05) is 18.9 Å². The Hall–Kier alpha value is -2.69. The summed E-state index contributed by atoms with van der Waals surface area (Å²) in [7, 11) is 0. The molecule has 20 heavy (non-hydrogen) atoms. The summed E-state index contributed by atoms with van der Waals surface area (Å²) >= 11 is 0. The highest BCUT2D eigenvalue weighted by molar-refractivity contribution is 5.94. The predicted octanol–water partition coefficient (Wildman–Crippen LogP) is 2.41. The monoisotopic (exact) mass is 271 g/mol. The summed E-state index contributed by atoms with van der Waals surface area (Å²) in [4.78, 5) is 11.4. The van der Waals surface area contributed by atoms with Gasteiger partial charge in [-0.1, -0.05) is 12.1 Å². The number of carboxylic acids is 1. The summed E-state index contributed by atoms with van der Waals surface area (Å²) in [6.45, 7) is 0.761. The SMILES string of the molecule is Nc1cccc(-c2cc3c(c(C(=O)O)c2)OCCO3)c1. The summed E-state index contributed by atoms with van der Waals surface area (Å²) in [6, 6.07) is 10.6. The van der Waals surface area contributed by atoms with E-state index in [9.17, 15) is 9.90 Å². The molecule has 0 spiro atoms. The Balaban J connectivity index is 2.17. The zero-order chi connectivity index (χ0) is 14.1. The number of carbonyl (C=O) groups is 1. The van der Waals surface area contributed by atoms with Gasteiger partial charge in [-0.2, -0.15) is 0 Å². The fourth-order valence-corrected chi connectivity index (χ4v) is 2.20. The Morgan fingerprint density at radius 1 is 1.10 bits per heavy atom. The Bertz CT molecular complexity index is 682. The molecule has 1 aliphatic rings. The van der Waals surface area contributed by atoms with Crippen LogP contribution in [0.3, 0.4) is 0 Å². The lowest BCUT2D eigenvalue weighted by Crippen LogP contribution is -2.18. The minimum Gasteiger partial charge on any atom is -0.486 e. The third-order valence-corrected chi connectivity index (χ3v) is 3.09. The van der Waals surface area contributed by atoms with Crippen molar-refractivity contribution in [3.8, 4) is 22.6 Å². The van der Waals surface area contributed by atoms with E-state index in [1.807, 2.05) is 12.1 Å². The standard InChI is InChI=1S/C15H13NO4/c16-11-3-1-2-9(6-11)10-7-12(15(17)18)14-13(8-10)19-4-5-20-14/h1-3,6-8H,4-5,16H2,(H,17,18). The molecule has 3 rings (SSSR count). The van der Waals surface area contributed by atoms with Crippen molar-refractivity contribution in [2.24, 2.45) is 0 Å². The van der Waals surface area contributed by atoms with Gasteiger partial charge in [0.25, 0.3) is 0 Å². The Kier molecular flexibility index (Phi) is 2.95. The van der Waals surface area contributed by atoms with E-state index in [-0.39, 0.29) is 11.3 Å². The van der Waals surface area contributed by atoms with Gasteiger partial charge in [-0.3, -0.25) is 0 Å². The highest BCUT2D eigenvalue weighted by Crippen LogP contribution is 2.38. The molecule has 102 valence electrons. The van der Waals surface area contributed by atoms with Gasteiger partial charge in [-0.25, -0.2) is 4.79 Å². The largest absolute Gasteiger partial charge is 0.486 e. The van der Waals surface area contributed by atoms with Crippen molar-refractivity contribution in [2.45, 2.75) is 0 Å². The number of benzene rings is 2. The molecule has 5 nitrogen and oxygen atoms in total. The van der Waals surface area contributed by atoms with Crippen molar-refractivity contribution in [1.82, 2.24) is 0 Å². The molecule has 1 heterocycles. The van der Waals surface area contributed by atoms with E-state index in [0.717, 1.165) is 11.1 Å². The third kappa shape index (κ3) is 2.14. The second-order valence-electron chi connectivity index (χ2n) is 4.48. The van der Waals surface area contributed by atoms with E-state index in [0.29, 0.717) is 24.7 Å². The smallest absolute Gasteiger partial charge is 0.339 e. The molecule has 5 heteroatoms. The van der Waals surface area contributed by atoms with Crippen LogP contribution in [0.5, 0.6) is 11.5 Å². The van der Waals surface area contributed by atoms with Gasteiger partial charge in [0.1, 0.15) is 18.8 Å². The number of ether oxygens (including phenoxy) is 2. The number of nitrogen functional groups attached to an aromatic ring is 1. The van der Waals surface area contributed by atoms with Gasteiger partial charge in [-0.05, 0) is 35.4 Å². The fraction of sp³-hybridized carbons (Fsp3) is 0.133. The molecule has 0 radical (unpaired) electrons. The Morgan fingerprint density at radius 2 is 1.90 bits per heavy atom. The molecule has 3 N–H and O–H groups in total. The lowest BCUT2D eigenvalue weighted by Gasteiger charge is -2.21. The lowest BCUT2D eigenvalue weighted by molar-refractivity contribution is 0.0686. The number of hydrogen-bond donors (Lipinski definition) is 2. The first kappa shape index (κ1) is 12.3. The Labute approximate surface area is 115 Å². The predicted molar refractivity (Wildman–Crippen MR) is 74.2 cm³/mol. The highest BCUT2D eigenvalue weighted by Gasteiger charge is 2.22. The summed E-state index contributed by atoms with van der Waals surface area (Å²) in [5, 5.41) is 9.31. The molecule has 0 aliphatic carbocycles. The van der Waals surface area contributed by atoms with Crippen LogP contribution in [-0.4, -0.2) is 24.3 Å². The van der Waals surface area contributed by atoms with E-state index < -0.39 is 5.97 Å². The molecular weight excluding hydrogens is 258 g/mol. The van der Waals surface area contributed by atoms with Crippen LogP contribution in [-0.2, 0) is 0 Å². The first-order valence-corrected chi connectivity index (χ1v) is 6.18. The normalized spacial score (nSPS) is 13.0.